The monoisotopic (exact) mass is 235 g/mol. The van der Waals surface area contributed by atoms with Crippen molar-refractivity contribution < 1.29 is 4.79 Å². The van der Waals surface area contributed by atoms with Crippen LogP contribution in [0.1, 0.15) is 37.0 Å². The van der Waals surface area contributed by atoms with Crippen LogP contribution in [0.5, 0.6) is 0 Å². The van der Waals surface area contributed by atoms with Crippen LogP contribution in [0.3, 0.4) is 0 Å². The van der Waals surface area contributed by atoms with Crippen LogP contribution in [0.15, 0.2) is 18.3 Å². The van der Waals surface area contributed by atoms with Gasteiger partial charge in [0.25, 0.3) is 5.91 Å². The van der Waals surface area contributed by atoms with Crippen molar-refractivity contribution in [3.63, 3.8) is 0 Å². The van der Waals surface area contributed by atoms with E-state index in [-0.39, 0.29) is 5.91 Å². The lowest BCUT2D eigenvalue weighted by Gasteiger charge is -2.26. The van der Waals surface area contributed by atoms with Crippen LogP contribution in [-0.4, -0.2) is 35.9 Å². The van der Waals surface area contributed by atoms with Gasteiger partial charge in [-0.3, -0.25) is 4.79 Å². The number of hydrogen-bond donors (Lipinski definition) is 1. The van der Waals surface area contributed by atoms with Gasteiger partial charge in [-0.2, -0.15) is 0 Å². The Hall–Kier alpha value is -1.58. The largest absolute Gasteiger partial charge is 0.373 e. The molecule has 1 N–H and O–H groups in total. The number of nitrogens with zero attached hydrogens (tertiary/aromatic N) is 2. The molecule has 94 valence electrons. The highest BCUT2D eigenvalue weighted by Crippen LogP contribution is 2.12. The molecule has 0 bridgehead atoms. The molecule has 0 saturated carbocycles. The SMILES string of the molecule is CCC(CC)N(C)C(=O)c1ccc(NC)nc1. The maximum atomic E-state index is 12.2. The quantitative estimate of drug-likeness (QED) is 0.852. The van der Waals surface area contributed by atoms with Crippen molar-refractivity contribution in [2.24, 2.45) is 0 Å². The summed E-state index contributed by atoms with van der Waals surface area (Å²) in [5, 5.41) is 2.93. The van der Waals surface area contributed by atoms with Gasteiger partial charge in [-0.05, 0) is 25.0 Å². The van der Waals surface area contributed by atoms with E-state index in [9.17, 15) is 4.79 Å². The molecule has 0 atom stereocenters. The lowest BCUT2D eigenvalue weighted by atomic mass is 10.1. The summed E-state index contributed by atoms with van der Waals surface area (Å²) in [5.74, 6) is 0.806. The summed E-state index contributed by atoms with van der Waals surface area (Å²) >= 11 is 0. The van der Waals surface area contributed by atoms with Crippen molar-refractivity contribution in [2.45, 2.75) is 32.7 Å². The average molecular weight is 235 g/mol. The van der Waals surface area contributed by atoms with E-state index in [1.165, 1.54) is 0 Å². The molecule has 0 aliphatic heterocycles. The van der Waals surface area contributed by atoms with E-state index in [0.717, 1.165) is 18.7 Å². The topological polar surface area (TPSA) is 45.2 Å². The molecule has 4 heteroatoms. The van der Waals surface area contributed by atoms with Crippen molar-refractivity contribution in [3.8, 4) is 0 Å². The predicted molar refractivity (Wildman–Crippen MR) is 70.2 cm³/mol. The molecule has 1 aromatic heterocycles. The Morgan fingerprint density at radius 2 is 2.06 bits per heavy atom. The van der Waals surface area contributed by atoms with Gasteiger partial charge in [-0.1, -0.05) is 13.8 Å². The first kappa shape index (κ1) is 13.5. The highest BCUT2D eigenvalue weighted by molar-refractivity contribution is 5.94. The van der Waals surface area contributed by atoms with E-state index in [4.69, 9.17) is 0 Å². The molecule has 0 radical (unpaired) electrons. The van der Waals surface area contributed by atoms with Gasteiger partial charge in [0.15, 0.2) is 0 Å². The van der Waals surface area contributed by atoms with Crippen LogP contribution in [0.25, 0.3) is 0 Å². The Bertz CT molecular complexity index is 357. The van der Waals surface area contributed by atoms with Crippen LogP contribution in [-0.2, 0) is 0 Å². The number of hydrogen-bond acceptors (Lipinski definition) is 3. The van der Waals surface area contributed by atoms with Gasteiger partial charge < -0.3 is 10.2 Å². The van der Waals surface area contributed by atoms with E-state index in [2.05, 4.69) is 24.1 Å². The fourth-order valence-electron chi connectivity index (χ4n) is 1.87. The summed E-state index contributed by atoms with van der Waals surface area (Å²) < 4.78 is 0. The summed E-state index contributed by atoms with van der Waals surface area (Å²) in [7, 11) is 3.66. The molecule has 0 aliphatic rings. The van der Waals surface area contributed by atoms with Crippen molar-refractivity contribution in [1.82, 2.24) is 9.88 Å². The Balaban J connectivity index is 2.80. The molecule has 1 aromatic rings. The number of anilines is 1. The number of pyridine rings is 1. The summed E-state index contributed by atoms with van der Waals surface area (Å²) in [6, 6.07) is 3.92. The number of carbonyl (C=O) groups is 1. The van der Waals surface area contributed by atoms with Gasteiger partial charge in [0.1, 0.15) is 5.82 Å². The van der Waals surface area contributed by atoms with Crippen molar-refractivity contribution >= 4 is 11.7 Å². The molecule has 0 fully saturated rings. The molecule has 0 saturated heterocycles. The molecular weight excluding hydrogens is 214 g/mol. The standard InChI is InChI=1S/C13H21N3O/c1-5-11(6-2)16(4)13(17)10-7-8-12(14-3)15-9-10/h7-9,11H,5-6H2,1-4H3,(H,14,15). The van der Waals surface area contributed by atoms with Gasteiger partial charge in [-0.25, -0.2) is 4.98 Å². The minimum Gasteiger partial charge on any atom is -0.373 e. The zero-order chi connectivity index (χ0) is 12.8. The van der Waals surface area contributed by atoms with Gasteiger partial charge in [0.05, 0.1) is 5.56 Å². The minimum atomic E-state index is 0.0360. The lowest BCUT2D eigenvalue weighted by molar-refractivity contribution is 0.0723. The maximum Gasteiger partial charge on any atom is 0.255 e. The second kappa shape index (κ2) is 6.23. The normalized spacial score (nSPS) is 10.4. The molecule has 1 heterocycles. The molecule has 1 rings (SSSR count). The predicted octanol–water partition coefficient (Wildman–Crippen LogP) is 2.38. The van der Waals surface area contributed by atoms with Crippen molar-refractivity contribution in [1.29, 1.82) is 0 Å². The van der Waals surface area contributed by atoms with Crippen molar-refractivity contribution in [2.75, 3.05) is 19.4 Å². The van der Waals surface area contributed by atoms with Crippen molar-refractivity contribution in [3.05, 3.63) is 23.9 Å². The van der Waals surface area contributed by atoms with E-state index in [0.29, 0.717) is 11.6 Å². The van der Waals surface area contributed by atoms with Crippen LogP contribution >= 0.6 is 0 Å². The second-order valence-corrected chi connectivity index (χ2v) is 4.07. The number of nitrogens with one attached hydrogen (secondary N) is 1. The van der Waals surface area contributed by atoms with E-state index < -0.39 is 0 Å². The first-order valence-electron chi connectivity index (χ1n) is 6.05. The fourth-order valence-corrected chi connectivity index (χ4v) is 1.87. The summed E-state index contributed by atoms with van der Waals surface area (Å²) in [4.78, 5) is 18.1. The van der Waals surface area contributed by atoms with E-state index in [1.807, 2.05) is 13.1 Å². The third kappa shape index (κ3) is 3.19. The molecule has 17 heavy (non-hydrogen) atoms. The number of rotatable bonds is 5. The number of carbonyl (C=O) groups excluding carboxylic acids is 1. The van der Waals surface area contributed by atoms with Gasteiger partial charge in [-0.15, -0.1) is 0 Å². The highest BCUT2D eigenvalue weighted by atomic mass is 16.2. The molecule has 0 unspecified atom stereocenters. The summed E-state index contributed by atoms with van der Waals surface area (Å²) in [6.45, 7) is 4.20. The van der Waals surface area contributed by atoms with Crippen LogP contribution in [0.2, 0.25) is 0 Å². The summed E-state index contributed by atoms with van der Waals surface area (Å²) in [5.41, 5.74) is 0.637. The average Bonchev–Trinajstić information content (AvgIpc) is 2.39. The molecule has 0 spiro atoms. The molecule has 0 aliphatic carbocycles. The third-order valence-electron chi connectivity index (χ3n) is 3.08. The zero-order valence-corrected chi connectivity index (χ0v) is 11.0. The van der Waals surface area contributed by atoms with E-state index >= 15 is 0 Å². The Morgan fingerprint density at radius 3 is 2.47 bits per heavy atom. The number of amides is 1. The Morgan fingerprint density at radius 1 is 1.41 bits per heavy atom. The molecule has 0 aromatic carbocycles. The van der Waals surface area contributed by atoms with E-state index in [1.54, 1.807) is 24.2 Å². The zero-order valence-electron chi connectivity index (χ0n) is 11.0. The Labute approximate surface area is 103 Å². The first-order chi connectivity index (χ1) is 8.13. The fraction of sp³-hybridized carbons (Fsp3) is 0.538. The summed E-state index contributed by atoms with van der Waals surface area (Å²) in [6.07, 6.45) is 3.56. The third-order valence-corrected chi connectivity index (χ3v) is 3.08. The van der Waals surface area contributed by atoms with Crippen LogP contribution in [0.4, 0.5) is 5.82 Å². The maximum absolute atomic E-state index is 12.2. The Kier molecular flexibility index (Phi) is 4.94. The lowest BCUT2D eigenvalue weighted by Crippen LogP contribution is -2.36. The minimum absolute atomic E-state index is 0.0360. The molecular formula is C13H21N3O. The van der Waals surface area contributed by atoms with Gasteiger partial charge >= 0.3 is 0 Å². The molecule has 1 amide bonds. The molecule has 4 nitrogen and oxygen atoms in total. The van der Waals surface area contributed by atoms with Crippen LogP contribution < -0.4 is 5.32 Å². The highest BCUT2D eigenvalue weighted by Gasteiger charge is 2.18. The first-order valence-corrected chi connectivity index (χ1v) is 6.05. The van der Waals surface area contributed by atoms with Gasteiger partial charge in [0.2, 0.25) is 0 Å². The number of aromatic nitrogens is 1. The second-order valence-electron chi connectivity index (χ2n) is 4.07. The smallest absolute Gasteiger partial charge is 0.255 e. The van der Waals surface area contributed by atoms with Gasteiger partial charge in [0, 0.05) is 26.3 Å². The van der Waals surface area contributed by atoms with Crippen LogP contribution in [0, 0.1) is 0 Å².